The Labute approximate surface area is 124 Å². The van der Waals surface area contributed by atoms with Gasteiger partial charge >= 0.3 is 0 Å². The van der Waals surface area contributed by atoms with Crippen LogP contribution in [0.5, 0.6) is 0 Å². The van der Waals surface area contributed by atoms with Crippen LogP contribution in [0.3, 0.4) is 0 Å². The number of nitrogens with one attached hydrogen (secondary N) is 2. The molecule has 0 radical (unpaired) electrons. The Balaban J connectivity index is 1.94. The van der Waals surface area contributed by atoms with Crippen molar-refractivity contribution in [3.05, 3.63) is 17.0 Å². The molecule has 1 aromatic rings. The Hall–Kier alpha value is -0.470. The highest BCUT2D eigenvalue weighted by Crippen LogP contribution is 2.23. The lowest BCUT2D eigenvalue weighted by molar-refractivity contribution is 0.0832. The van der Waals surface area contributed by atoms with E-state index in [4.69, 9.17) is 4.74 Å². The number of likely N-dealkylation sites (N-methyl/N-ethyl adjacent to an activating group) is 1. The fraction of sp³-hybridized carbons (Fsp3) is 0.692. The van der Waals surface area contributed by atoms with Crippen LogP contribution in [0.2, 0.25) is 0 Å². The van der Waals surface area contributed by atoms with E-state index >= 15 is 0 Å². The Morgan fingerprint density at radius 1 is 1.35 bits per heavy atom. The van der Waals surface area contributed by atoms with Gasteiger partial charge in [-0.25, -0.2) is 13.1 Å². The maximum atomic E-state index is 12.3. The first-order valence-corrected chi connectivity index (χ1v) is 9.31. The zero-order chi connectivity index (χ0) is 14.4. The number of hydrogen-bond donors (Lipinski definition) is 2. The van der Waals surface area contributed by atoms with Crippen LogP contribution in [0.1, 0.15) is 24.6 Å². The lowest BCUT2D eigenvalue weighted by Gasteiger charge is -2.22. The smallest absolute Gasteiger partial charge is 0.250 e. The molecule has 0 unspecified atom stereocenters. The molecule has 2 rings (SSSR count). The molecule has 0 aliphatic carbocycles. The lowest BCUT2D eigenvalue weighted by atomic mass is 10.1. The van der Waals surface area contributed by atoms with Crippen LogP contribution in [0.15, 0.2) is 16.3 Å². The summed E-state index contributed by atoms with van der Waals surface area (Å²) in [5.74, 6) is 0. The third-order valence-electron chi connectivity index (χ3n) is 3.24. The van der Waals surface area contributed by atoms with E-state index in [0.717, 1.165) is 37.2 Å². The number of ether oxygens (including phenoxy) is 1. The molecule has 0 aromatic carbocycles. The maximum absolute atomic E-state index is 12.3. The Morgan fingerprint density at radius 3 is 2.80 bits per heavy atom. The SMILES string of the molecule is CCNCCc1ccc(S(=O)(=O)NC2CCOCC2)s1. The fourth-order valence-electron chi connectivity index (χ4n) is 2.12. The summed E-state index contributed by atoms with van der Waals surface area (Å²) in [6.45, 7) is 5.13. The van der Waals surface area contributed by atoms with E-state index in [1.54, 1.807) is 6.07 Å². The quantitative estimate of drug-likeness (QED) is 0.745. The minimum atomic E-state index is -3.38. The van der Waals surface area contributed by atoms with Crippen molar-refractivity contribution in [3.63, 3.8) is 0 Å². The summed E-state index contributed by atoms with van der Waals surface area (Å²) in [5.41, 5.74) is 0. The Morgan fingerprint density at radius 2 is 2.10 bits per heavy atom. The second-order valence-corrected chi connectivity index (χ2v) is 7.94. The van der Waals surface area contributed by atoms with Gasteiger partial charge in [0.25, 0.3) is 0 Å². The van der Waals surface area contributed by atoms with E-state index in [1.807, 2.05) is 6.07 Å². The van der Waals surface area contributed by atoms with Crippen molar-refractivity contribution in [2.24, 2.45) is 0 Å². The Kier molecular flexibility index (Phi) is 5.98. The average molecular weight is 318 g/mol. The molecule has 7 heteroatoms. The van der Waals surface area contributed by atoms with E-state index in [0.29, 0.717) is 17.4 Å². The summed E-state index contributed by atoms with van der Waals surface area (Å²) in [7, 11) is -3.38. The summed E-state index contributed by atoms with van der Waals surface area (Å²) in [4.78, 5) is 1.10. The first kappa shape index (κ1) is 15.9. The van der Waals surface area contributed by atoms with Gasteiger partial charge in [-0.2, -0.15) is 0 Å². The normalized spacial score (nSPS) is 17.4. The molecule has 0 saturated carbocycles. The highest BCUT2D eigenvalue weighted by molar-refractivity contribution is 7.91. The van der Waals surface area contributed by atoms with Gasteiger partial charge in [0.05, 0.1) is 0 Å². The average Bonchev–Trinajstić information content (AvgIpc) is 2.89. The molecule has 0 spiro atoms. The third-order valence-corrected chi connectivity index (χ3v) is 6.40. The van der Waals surface area contributed by atoms with Gasteiger partial charge in [-0.3, -0.25) is 0 Å². The van der Waals surface area contributed by atoms with Crippen LogP contribution >= 0.6 is 11.3 Å². The molecule has 1 aromatic heterocycles. The van der Waals surface area contributed by atoms with Gasteiger partial charge in [0, 0.05) is 24.1 Å². The molecular formula is C13H22N2O3S2. The molecule has 2 heterocycles. The molecule has 1 fully saturated rings. The largest absolute Gasteiger partial charge is 0.381 e. The molecule has 0 atom stereocenters. The zero-order valence-corrected chi connectivity index (χ0v) is 13.4. The van der Waals surface area contributed by atoms with Gasteiger partial charge in [0.15, 0.2) is 0 Å². The first-order chi connectivity index (χ1) is 9.62. The summed E-state index contributed by atoms with van der Waals surface area (Å²) in [6, 6.07) is 3.61. The monoisotopic (exact) mass is 318 g/mol. The van der Waals surface area contributed by atoms with Gasteiger partial charge in [0.1, 0.15) is 4.21 Å². The minimum Gasteiger partial charge on any atom is -0.381 e. The van der Waals surface area contributed by atoms with Crippen molar-refractivity contribution >= 4 is 21.4 Å². The van der Waals surface area contributed by atoms with Gasteiger partial charge in [-0.1, -0.05) is 6.92 Å². The van der Waals surface area contributed by atoms with Crippen LogP contribution in [0.25, 0.3) is 0 Å². The lowest BCUT2D eigenvalue weighted by Crippen LogP contribution is -2.38. The first-order valence-electron chi connectivity index (χ1n) is 7.01. The molecule has 20 heavy (non-hydrogen) atoms. The molecule has 0 bridgehead atoms. The summed E-state index contributed by atoms with van der Waals surface area (Å²) in [6.07, 6.45) is 2.36. The van der Waals surface area contributed by atoms with Crippen molar-refractivity contribution < 1.29 is 13.2 Å². The standard InChI is InChI=1S/C13H22N2O3S2/c1-2-14-8-5-12-3-4-13(19-12)20(16,17)15-11-6-9-18-10-7-11/h3-4,11,14-15H,2,5-10H2,1H3. The van der Waals surface area contributed by atoms with Crippen molar-refractivity contribution in [1.29, 1.82) is 0 Å². The number of hydrogen-bond acceptors (Lipinski definition) is 5. The second-order valence-electron chi connectivity index (χ2n) is 4.83. The van der Waals surface area contributed by atoms with E-state index in [2.05, 4.69) is 17.0 Å². The van der Waals surface area contributed by atoms with Crippen LogP contribution in [0, 0.1) is 0 Å². The van der Waals surface area contributed by atoms with E-state index in [1.165, 1.54) is 11.3 Å². The van der Waals surface area contributed by atoms with Gasteiger partial charge in [-0.15, -0.1) is 11.3 Å². The summed E-state index contributed by atoms with van der Waals surface area (Å²) in [5, 5.41) is 3.24. The van der Waals surface area contributed by atoms with Gasteiger partial charge in [0.2, 0.25) is 10.0 Å². The van der Waals surface area contributed by atoms with E-state index in [9.17, 15) is 8.42 Å². The molecule has 2 N–H and O–H groups in total. The van der Waals surface area contributed by atoms with Crippen molar-refractivity contribution in [2.75, 3.05) is 26.3 Å². The molecular weight excluding hydrogens is 296 g/mol. The summed E-state index contributed by atoms with van der Waals surface area (Å²) >= 11 is 1.36. The van der Waals surface area contributed by atoms with E-state index < -0.39 is 10.0 Å². The molecule has 114 valence electrons. The fourth-order valence-corrected chi connectivity index (χ4v) is 4.80. The number of thiophene rings is 1. The minimum absolute atomic E-state index is 0.000980. The predicted molar refractivity (Wildman–Crippen MR) is 80.7 cm³/mol. The molecule has 0 amide bonds. The van der Waals surface area contributed by atoms with Crippen molar-refractivity contribution in [2.45, 2.75) is 36.4 Å². The van der Waals surface area contributed by atoms with Crippen LogP contribution in [0.4, 0.5) is 0 Å². The molecule has 1 aliphatic heterocycles. The van der Waals surface area contributed by atoms with Crippen LogP contribution in [-0.2, 0) is 21.2 Å². The van der Waals surface area contributed by atoms with Gasteiger partial charge in [-0.05, 0) is 44.5 Å². The second kappa shape index (κ2) is 7.51. The topological polar surface area (TPSA) is 67.4 Å². The van der Waals surface area contributed by atoms with Gasteiger partial charge < -0.3 is 10.1 Å². The van der Waals surface area contributed by atoms with Crippen molar-refractivity contribution in [1.82, 2.24) is 10.0 Å². The molecule has 1 saturated heterocycles. The predicted octanol–water partition coefficient (Wildman–Crippen LogP) is 1.36. The molecule has 1 aliphatic rings. The van der Waals surface area contributed by atoms with E-state index in [-0.39, 0.29) is 6.04 Å². The van der Waals surface area contributed by atoms with Crippen LogP contribution < -0.4 is 10.0 Å². The number of rotatable bonds is 7. The molecule has 5 nitrogen and oxygen atoms in total. The van der Waals surface area contributed by atoms with Crippen LogP contribution in [-0.4, -0.2) is 40.8 Å². The third kappa shape index (κ3) is 4.53. The zero-order valence-electron chi connectivity index (χ0n) is 11.7. The van der Waals surface area contributed by atoms with Crippen molar-refractivity contribution in [3.8, 4) is 0 Å². The highest BCUT2D eigenvalue weighted by atomic mass is 32.2. The Bertz CT molecular complexity index is 507. The number of sulfonamides is 1. The summed E-state index contributed by atoms with van der Waals surface area (Å²) < 4.78 is 33.0. The highest BCUT2D eigenvalue weighted by Gasteiger charge is 2.23. The maximum Gasteiger partial charge on any atom is 0.250 e.